The number of phenolic OH excluding ortho intramolecular Hbond substituents is 2. The molecule has 4 nitrogen and oxygen atoms in total. The summed E-state index contributed by atoms with van der Waals surface area (Å²) in [6.45, 7) is 3.65. The molecule has 1 aromatic rings. The molecule has 0 aliphatic rings. The van der Waals surface area contributed by atoms with Crippen LogP contribution in [0, 0.1) is 0 Å². The molecule has 0 heterocycles. The zero-order valence-corrected chi connectivity index (χ0v) is 7.43. The minimum absolute atomic E-state index is 0.0217. The van der Waals surface area contributed by atoms with Gasteiger partial charge >= 0.3 is 0 Å². The smallest absolute Gasteiger partial charge is 0.201 e. The van der Waals surface area contributed by atoms with Gasteiger partial charge in [0.1, 0.15) is 6.61 Å². The lowest BCUT2D eigenvalue weighted by Gasteiger charge is -2.07. The zero-order chi connectivity index (χ0) is 10.6. The van der Waals surface area contributed by atoms with E-state index in [1.165, 1.54) is 18.2 Å². The van der Waals surface area contributed by atoms with Crippen LogP contribution in [0.1, 0.15) is 10.4 Å². The van der Waals surface area contributed by atoms with Crippen molar-refractivity contribution in [3.8, 4) is 17.2 Å². The Kier molecular flexibility index (Phi) is 3.12. The molecule has 0 aliphatic carbocycles. The van der Waals surface area contributed by atoms with E-state index in [9.17, 15) is 15.0 Å². The van der Waals surface area contributed by atoms with Crippen molar-refractivity contribution in [1.29, 1.82) is 0 Å². The molecule has 0 unspecified atom stereocenters. The van der Waals surface area contributed by atoms with Crippen molar-refractivity contribution < 1.29 is 19.7 Å². The van der Waals surface area contributed by atoms with Gasteiger partial charge in [0.2, 0.25) is 5.75 Å². The molecule has 0 bridgehead atoms. The molecule has 74 valence electrons. The summed E-state index contributed by atoms with van der Waals surface area (Å²) >= 11 is 0. The molecule has 1 aromatic carbocycles. The van der Waals surface area contributed by atoms with Crippen LogP contribution in [0.25, 0.3) is 0 Å². The van der Waals surface area contributed by atoms with Gasteiger partial charge in [0, 0.05) is 0 Å². The average molecular weight is 194 g/mol. The lowest BCUT2D eigenvalue weighted by Crippen LogP contribution is -1.94. The van der Waals surface area contributed by atoms with E-state index in [4.69, 9.17) is 4.74 Å². The first-order chi connectivity index (χ1) is 6.70. The van der Waals surface area contributed by atoms with Crippen molar-refractivity contribution in [2.45, 2.75) is 0 Å². The van der Waals surface area contributed by atoms with Crippen molar-refractivity contribution in [2.75, 3.05) is 6.61 Å². The molecule has 14 heavy (non-hydrogen) atoms. The van der Waals surface area contributed by atoms with Crippen LogP contribution in [0.5, 0.6) is 17.2 Å². The average Bonchev–Trinajstić information content (AvgIpc) is 2.20. The number of ether oxygens (including phenoxy) is 1. The van der Waals surface area contributed by atoms with E-state index < -0.39 is 11.5 Å². The van der Waals surface area contributed by atoms with Crippen molar-refractivity contribution in [2.24, 2.45) is 0 Å². The number of benzene rings is 1. The van der Waals surface area contributed by atoms with E-state index in [-0.39, 0.29) is 17.9 Å². The highest BCUT2D eigenvalue weighted by molar-refractivity contribution is 5.81. The minimum Gasteiger partial charge on any atom is -0.504 e. The Morgan fingerprint density at radius 2 is 2.07 bits per heavy atom. The maximum atomic E-state index is 10.4. The van der Waals surface area contributed by atoms with Crippen LogP contribution in [0.15, 0.2) is 24.8 Å². The van der Waals surface area contributed by atoms with Gasteiger partial charge < -0.3 is 14.9 Å². The molecule has 2 N–H and O–H groups in total. The van der Waals surface area contributed by atoms with Gasteiger partial charge in [-0.3, -0.25) is 4.79 Å². The van der Waals surface area contributed by atoms with Gasteiger partial charge in [-0.25, -0.2) is 0 Å². The third-order valence-corrected chi connectivity index (χ3v) is 1.63. The highest BCUT2D eigenvalue weighted by Gasteiger charge is 2.11. The van der Waals surface area contributed by atoms with E-state index in [0.717, 1.165) is 0 Å². The summed E-state index contributed by atoms with van der Waals surface area (Å²) in [5, 5.41) is 18.7. The summed E-state index contributed by atoms with van der Waals surface area (Å²) in [4.78, 5) is 10.4. The zero-order valence-electron chi connectivity index (χ0n) is 7.43. The minimum atomic E-state index is -0.471. The quantitative estimate of drug-likeness (QED) is 0.432. The fourth-order valence-corrected chi connectivity index (χ4v) is 0.937. The topological polar surface area (TPSA) is 66.8 Å². The predicted molar refractivity (Wildman–Crippen MR) is 50.9 cm³/mol. The summed E-state index contributed by atoms with van der Waals surface area (Å²) in [6, 6.07) is 2.77. The molecule has 0 amide bonds. The number of aromatic hydroxyl groups is 2. The monoisotopic (exact) mass is 194 g/mol. The number of phenols is 2. The van der Waals surface area contributed by atoms with Gasteiger partial charge in [-0.1, -0.05) is 12.7 Å². The van der Waals surface area contributed by atoms with Gasteiger partial charge in [0.05, 0.1) is 5.56 Å². The Morgan fingerprint density at radius 1 is 1.36 bits per heavy atom. The number of carbonyl (C=O) groups excluding carboxylic acids is 1. The molecule has 0 spiro atoms. The van der Waals surface area contributed by atoms with Crippen LogP contribution in [0.2, 0.25) is 0 Å². The van der Waals surface area contributed by atoms with Gasteiger partial charge in [-0.2, -0.15) is 0 Å². The Bertz CT molecular complexity index is 357. The first-order valence-electron chi connectivity index (χ1n) is 3.94. The number of hydrogen-bond donors (Lipinski definition) is 2. The largest absolute Gasteiger partial charge is 0.504 e. The Hall–Kier alpha value is -1.97. The standard InChI is InChI=1S/C10H10O4/c1-2-5-14-8-4-3-7(6-11)9(12)10(8)13/h2-4,6,12-13H,1,5H2. The summed E-state index contributed by atoms with van der Waals surface area (Å²) < 4.78 is 5.02. The lowest BCUT2D eigenvalue weighted by atomic mass is 10.2. The van der Waals surface area contributed by atoms with Gasteiger partial charge in [-0.05, 0) is 12.1 Å². The predicted octanol–water partition coefficient (Wildman–Crippen LogP) is 1.48. The molecule has 1 rings (SSSR count). The Balaban J connectivity index is 3.03. The van der Waals surface area contributed by atoms with E-state index in [1.807, 2.05) is 0 Å². The molecule has 0 saturated heterocycles. The van der Waals surface area contributed by atoms with Crippen molar-refractivity contribution >= 4 is 6.29 Å². The van der Waals surface area contributed by atoms with Crippen LogP contribution < -0.4 is 4.74 Å². The molecular formula is C10H10O4. The second kappa shape index (κ2) is 4.32. The van der Waals surface area contributed by atoms with Gasteiger partial charge in [0.25, 0.3) is 0 Å². The van der Waals surface area contributed by atoms with E-state index in [1.54, 1.807) is 0 Å². The third kappa shape index (κ3) is 1.85. The summed E-state index contributed by atoms with van der Waals surface area (Å²) in [6.07, 6.45) is 1.95. The lowest BCUT2D eigenvalue weighted by molar-refractivity contribution is 0.112. The molecular weight excluding hydrogens is 184 g/mol. The Labute approximate surface area is 81.1 Å². The Morgan fingerprint density at radius 3 is 2.64 bits per heavy atom. The van der Waals surface area contributed by atoms with E-state index >= 15 is 0 Å². The van der Waals surface area contributed by atoms with Crippen LogP contribution >= 0.6 is 0 Å². The van der Waals surface area contributed by atoms with Crippen molar-refractivity contribution in [3.05, 3.63) is 30.4 Å². The first-order valence-corrected chi connectivity index (χ1v) is 3.94. The van der Waals surface area contributed by atoms with Crippen LogP contribution in [0.3, 0.4) is 0 Å². The van der Waals surface area contributed by atoms with Crippen molar-refractivity contribution in [1.82, 2.24) is 0 Å². The van der Waals surface area contributed by atoms with Crippen LogP contribution in [-0.4, -0.2) is 23.1 Å². The maximum Gasteiger partial charge on any atom is 0.201 e. The highest BCUT2D eigenvalue weighted by Crippen LogP contribution is 2.37. The number of rotatable bonds is 4. The summed E-state index contributed by atoms with van der Waals surface area (Å²) in [7, 11) is 0. The molecule has 0 fully saturated rings. The molecule has 0 aliphatic heterocycles. The van der Waals surface area contributed by atoms with Crippen molar-refractivity contribution in [3.63, 3.8) is 0 Å². The fourth-order valence-electron chi connectivity index (χ4n) is 0.937. The third-order valence-electron chi connectivity index (χ3n) is 1.63. The molecule has 0 atom stereocenters. The molecule has 0 aromatic heterocycles. The second-order valence-corrected chi connectivity index (χ2v) is 2.57. The van der Waals surface area contributed by atoms with Gasteiger partial charge in [-0.15, -0.1) is 0 Å². The summed E-state index contributed by atoms with van der Waals surface area (Å²) in [5.41, 5.74) is 0.0217. The van der Waals surface area contributed by atoms with Crippen LogP contribution in [0.4, 0.5) is 0 Å². The van der Waals surface area contributed by atoms with E-state index in [0.29, 0.717) is 6.29 Å². The number of carbonyl (C=O) groups is 1. The second-order valence-electron chi connectivity index (χ2n) is 2.57. The number of aldehydes is 1. The molecule has 0 radical (unpaired) electrons. The molecule has 4 heteroatoms. The van der Waals surface area contributed by atoms with Crippen LogP contribution in [-0.2, 0) is 0 Å². The summed E-state index contributed by atoms with van der Waals surface area (Å²) in [5.74, 6) is -0.786. The molecule has 0 saturated carbocycles. The fraction of sp³-hybridized carbons (Fsp3) is 0.100. The van der Waals surface area contributed by atoms with Gasteiger partial charge in [0.15, 0.2) is 17.8 Å². The van der Waals surface area contributed by atoms with E-state index in [2.05, 4.69) is 6.58 Å². The maximum absolute atomic E-state index is 10.4. The number of hydrogen-bond acceptors (Lipinski definition) is 4. The SMILES string of the molecule is C=CCOc1ccc(C=O)c(O)c1O. The highest BCUT2D eigenvalue weighted by atomic mass is 16.5. The first kappa shape index (κ1) is 10.1. The normalized spacial score (nSPS) is 9.43.